The monoisotopic (exact) mass is 370 g/mol. The number of carbonyl (C=O) groups excluding carboxylic acids is 2. The van der Waals surface area contributed by atoms with Crippen LogP contribution in [0.5, 0.6) is 0 Å². The molecule has 2 aromatic carbocycles. The molecule has 0 aliphatic rings. The molecule has 0 atom stereocenters. The molecule has 2 aromatic rings. The molecular weight excluding hydrogens is 356 g/mol. The van der Waals surface area contributed by atoms with Crippen LogP contribution in [0.25, 0.3) is 0 Å². The Bertz CT molecular complexity index is 862. The number of hydrazine groups is 1. The van der Waals surface area contributed by atoms with Gasteiger partial charge in [0.05, 0.1) is 22.3 Å². The molecule has 26 heavy (non-hydrogen) atoms. The normalized spacial score (nSPS) is 9.81. The van der Waals surface area contributed by atoms with Gasteiger partial charge in [0.2, 0.25) is 5.91 Å². The zero-order valence-electron chi connectivity index (χ0n) is 13.5. The molecule has 0 radical (unpaired) electrons. The molecule has 0 spiro atoms. The maximum Gasteiger partial charge on any atom is 0.270 e. The smallest absolute Gasteiger partial charge is 0.270 e. The molecule has 132 valence electrons. The van der Waals surface area contributed by atoms with E-state index < -0.39 is 16.7 Å². The van der Waals surface area contributed by atoms with Gasteiger partial charge in [-0.1, -0.05) is 18.2 Å². The highest BCUT2D eigenvalue weighted by molar-refractivity contribution is 7.99. The maximum atomic E-state index is 11.9. The van der Waals surface area contributed by atoms with Crippen molar-refractivity contribution in [2.45, 2.75) is 5.75 Å². The Balaban J connectivity index is 1.75. The lowest BCUT2D eigenvalue weighted by atomic mass is 10.2. The Morgan fingerprint density at radius 1 is 1.15 bits per heavy atom. The van der Waals surface area contributed by atoms with Crippen LogP contribution in [0.15, 0.2) is 48.5 Å². The number of thioether (sulfide) groups is 1. The van der Waals surface area contributed by atoms with Crippen molar-refractivity contribution in [3.05, 3.63) is 75.3 Å². The highest BCUT2D eigenvalue weighted by atomic mass is 32.2. The van der Waals surface area contributed by atoms with Gasteiger partial charge in [0.25, 0.3) is 11.6 Å². The lowest BCUT2D eigenvalue weighted by Crippen LogP contribution is -2.42. The topological polar surface area (TPSA) is 125 Å². The number of nitro benzene ring substituents is 1. The van der Waals surface area contributed by atoms with Crippen LogP contribution in [-0.2, 0) is 10.5 Å². The fourth-order valence-corrected chi connectivity index (χ4v) is 2.72. The second-order valence-electron chi connectivity index (χ2n) is 5.11. The van der Waals surface area contributed by atoms with Crippen LogP contribution in [0.2, 0.25) is 0 Å². The SMILES string of the molecule is N#Cc1ccc(CSCC(=O)NNC(=O)c2cccc([N+](=O)[O-])c2)cc1. The van der Waals surface area contributed by atoms with E-state index in [2.05, 4.69) is 10.9 Å². The van der Waals surface area contributed by atoms with E-state index in [0.29, 0.717) is 11.3 Å². The molecule has 0 unspecified atom stereocenters. The first-order valence-electron chi connectivity index (χ1n) is 7.40. The maximum absolute atomic E-state index is 11.9. The van der Waals surface area contributed by atoms with E-state index in [4.69, 9.17) is 5.26 Å². The predicted octanol–water partition coefficient (Wildman–Crippen LogP) is 2.16. The molecule has 0 fully saturated rings. The van der Waals surface area contributed by atoms with Crippen molar-refractivity contribution in [1.29, 1.82) is 5.26 Å². The Labute approximate surface area is 153 Å². The average molecular weight is 370 g/mol. The zero-order valence-corrected chi connectivity index (χ0v) is 14.3. The molecule has 2 rings (SSSR count). The summed E-state index contributed by atoms with van der Waals surface area (Å²) in [5.74, 6) is -0.339. The van der Waals surface area contributed by atoms with Crippen LogP contribution < -0.4 is 10.9 Å². The van der Waals surface area contributed by atoms with Gasteiger partial charge < -0.3 is 0 Å². The van der Waals surface area contributed by atoms with Crippen molar-refractivity contribution in [3.8, 4) is 6.07 Å². The third kappa shape index (κ3) is 5.61. The summed E-state index contributed by atoms with van der Waals surface area (Å²) in [5, 5.41) is 19.4. The van der Waals surface area contributed by atoms with Gasteiger partial charge in [-0.15, -0.1) is 11.8 Å². The zero-order chi connectivity index (χ0) is 18.9. The summed E-state index contributed by atoms with van der Waals surface area (Å²) >= 11 is 1.35. The van der Waals surface area contributed by atoms with Gasteiger partial charge in [-0.05, 0) is 23.8 Å². The number of nitrogens with zero attached hydrogens (tertiary/aromatic N) is 2. The highest BCUT2D eigenvalue weighted by Crippen LogP contribution is 2.13. The second-order valence-corrected chi connectivity index (χ2v) is 6.10. The minimum Gasteiger partial charge on any atom is -0.272 e. The number of carbonyl (C=O) groups is 2. The number of amides is 2. The Kier molecular flexibility index (Phi) is 6.70. The lowest BCUT2D eigenvalue weighted by molar-refractivity contribution is -0.384. The summed E-state index contributed by atoms with van der Waals surface area (Å²) in [6.07, 6.45) is 0. The average Bonchev–Trinajstić information content (AvgIpc) is 2.66. The molecule has 0 aromatic heterocycles. The molecule has 2 amide bonds. The summed E-state index contributed by atoms with van der Waals surface area (Å²) in [7, 11) is 0. The largest absolute Gasteiger partial charge is 0.272 e. The van der Waals surface area contributed by atoms with Gasteiger partial charge in [0.15, 0.2) is 0 Å². The van der Waals surface area contributed by atoms with Crippen molar-refractivity contribution >= 4 is 29.3 Å². The highest BCUT2D eigenvalue weighted by Gasteiger charge is 2.12. The van der Waals surface area contributed by atoms with E-state index in [9.17, 15) is 19.7 Å². The summed E-state index contributed by atoms with van der Waals surface area (Å²) in [4.78, 5) is 33.7. The van der Waals surface area contributed by atoms with Crippen LogP contribution in [0.3, 0.4) is 0 Å². The lowest BCUT2D eigenvalue weighted by Gasteiger charge is -2.07. The first-order valence-corrected chi connectivity index (χ1v) is 8.55. The van der Waals surface area contributed by atoms with Gasteiger partial charge in [-0.3, -0.25) is 30.6 Å². The first-order chi connectivity index (χ1) is 12.5. The predicted molar refractivity (Wildman–Crippen MR) is 96.0 cm³/mol. The van der Waals surface area contributed by atoms with Gasteiger partial charge in [0, 0.05) is 23.4 Å². The molecule has 0 saturated carbocycles. The van der Waals surface area contributed by atoms with E-state index in [-0.39, 0.29) is 17.0 Å². The van der Waals surface area contributed by atoms with Gasteiger partial charge >= 0.3 is 0 Å². The van der Waals surface area contributed by atoms with E-state index in [1.807, 2.05) is 18.2 Å². The van der Waals surface area contributed by atoms with Crippen molar-refractivity contribution in [1.82, 2.24) is 10.9 Å². The number of non-ortho nitro benzene ring substituents is 1. The number of hydrogen-bond acceptors (Lipinski definition) is 6. The fraction of sp³-hybridized carbons (Fsp3) is 0.118. The number of rotatable bonds is 6. The van der Waals surface area contributed by atoms with Crippen molar-refractivity contribution in [3.63, 3.8) is 0 Å². The number of benzene rings is 2. The van der Waals surface area contributed by atoms with Crippen LogP contribution in [0, 0.1) is 21.4 Å². The summed E-state index contributed by atoms with van der Waals surface area (Å²) in [5.41, 5.74) is 5.89. The second kappa shape index (κ2) is 9.19. The van der Waals surface area contributed by atoms with E-state index in [1.165, 1.54) is 30.0 Å². The third-order valence-electron chi connectivity index (χ3n) is 3.22. The number of nitrogens with one attached hydrogen (secondary N) is 2. The van der Waals surface area contributed by atoms with E-state index in [1.54, 1.807) is 12.1 Å². The summed E-state index contributed by atoms with van der Waals surface area (Å²) < 4.78 is 0. The fourth-order valence-electron chi connectivity index (χ4n) is 1.93. The Hall–Kier alpha value is -3.38. The minimum absolute atomic E-state index is 0.0738. The van der Waals surface area contributed by atoms with Gasteiger partial charge in [-0.25, -0.2) is 0 Å². The molecule has 9 heteroatoms. The quantitative estimate of drug-likeness (QED) is 0.593. The molecule has 0 aliphatic heterocycles. The molecule has 0 heterocycles. The van der Waals surface area contributed by atoms with Crippen LogP contribution >= 0.6 is 11.8 Å². The molecular formula is C17H14N4O4S. The molecule has 8 nitrogen and oxygen atoms in total. The van der Waals surface area contributed by atoms with Crippen molar-refractivity contribution < 1.29 is 14.5 Å². The molecule has 0 aliphatic carbocycles. The van der Waals surface area contributed by atoms with Gasteiger partial charge in [-0.2, -0.15) is 5.26 Å². The van der Waals surface area contributed by atoms with Crippen LogP contribution in [0.1, 0.15) is 21.5 Å². The van der Waals surface area contributed by atoms with Crippen molar-refractivity contribution in [2.75, 3.05) is 5.75 Å². The molecule has 2 N–H and O–H groups in total. The number of nitriles is 1. The van der Waals surface area contributed by atoms with Crippen LogP contribution in [-0.4, -0.2) is 22.5 Å². The Morgan fingerprint density at radius 2 is 1.88 bits per heavy atom. The van der Waals surface area contributed by atoms with E-state index >= 15 is 0 Å². The standard InChI is InChI=1S/C17H14N4O4S/c18-9-12-4-6-13(7-5-12)10-26-11-16(22)19-20-17(23)14-2-1-3-15(8-14)21(24)25/h1-8H,10-11H2,(H,19,22)(H,20,23). The molecule has 0 saturated heterocycles. The minimum atomic E-state index is -0.640. The third-order valence-corrected chi connectivity index (χ3v) is 4.22. The van der Waals surface area contributed by atoms with Crippen molar-refractivity contribution in [2.24, 2.45) is 0 Å². The van der Waals surface area contributed by atoms with Crippen LogP contribution in [0.4, 0.5) is 5.69 Å². The van der Waals surface area contributed by atoms with Gasteiger partial charge in [0.1, 0.15) is 0 Å². The Morgan fingerprint density at radius 3 is 2.54 bits per heavy atom. The molecule has 0 bridgehead atoms. The summed E-state index contributed by atoms with van der Waals surface area (Å²) in [6.45, 7) is 0. The first kappa shape index (κ1) is 19.0. The number of hydrogen-bond donors (Lipinski definition) is 2. The number of nitro groups is 1. The van der Waals surface area contributed by atoms with E-state index in [0.717, 1.165) is 11.6 Å². The summed E-state index contributed by atoms with van der Waals surface area (Å²) in [6, 6.07) is 14.3.